The first kappa shape index (κ1) is 12.7. The molecule has 1 aromatic carbocycles. The lowest BCUT2D eigenvalue weighted by Crippen LogP contribution is -2.13. The molecule has 5 heteroatoms. The van der Waals surface area contributed by atoms with Gasteiger partial charge < -0.3 is 0 Å². The molecule has 0 amide bonds. The van der Waals surface area contributed by atoms with Gasteiger partial charge >= 0.3 is 0 Å². The van der Waals surface area contributed by atoms with E-state index in [0.29, 0.717) is 5.56 Å². The van der Waals surface area contributed by atoms with E-state index in [2.05, 4.69) is 56.7 Å². The maximum atomic E-state index is 12.2. The monoisotopic (exact) mass is 450 g/mol. The van der Waals surface area contributed by atoms with Gasteiger partial charge in [-0.05, 0) is 62.9 Å². The second kappa shape index (κ2) is 5.30. The van der Waals surface area contributed by atoms with Crippen LogP contribution in [-0.2, 0) is 0 Å². The Morgan fingerprint density at radius 1 is 1.35 bits per heavy atom. The molecular weight excluding hydrogens is 442 g/mol. The number of carbonyl (C=O) groups excluding carboxylic acids is 1. The zero-order valence-electron chi connectivity index (χ0n) is 8.73. The van der Waals surface area contributed by atoms with Crippen LogP contribution < -0.4 is 0 Å². The van der Waals surface area contributed by atoms with Gasteiger partial charge in [-0.3, -0.25) is 9.36 Å². The van der Waals surface area contributed by atoms with Crippen LogP contribution in [0.1, 0.15) is 15.9 Å². The third-order valence-electron chi connectivity index (χ3n) is 2.25. The molecule has 3 nitrogen and oxygen atoms in total. The zero-order valence-corrected chi connectivity index (χ0v) is 13.0. The van der Waals surface area contributed by atoms with Crippen LogP contribution in [0.15, 0.2) is 37.4 Å². The van der Waals surface area contributed by atoms with E-state index in [0.717, 1.165) is 12.7 Å². The molecule has 0 bridgehead atoms. The smallest absolute Gasteiger partial charge is 0.265 e. The van der Waals surface area contributed by atoms with Gasteiger partial charge in [0.25, 0.3) is 5.91 Å². The van der Waals surface area contributed by atoms with Crippen molar-refractivity contribution in [3.05, 3.63) is 55.7 Å². The minimum atomic E-state index is -0.0630. The van der Waals surface area contributed by atoms with Gasteiger partial charge in [-0.2, -0.15) is 0 Å². The van der Waals surface area contributed by atoms with Crippen LogP contribution in [0.2, 0.25) is 0 Å². The second-order valence-corrected chi connectivity index (χ2v) is 5.66. The Balaban J connectivity index is 2.53. The number of aromatic nitrogens is 2. The summed E-state index contributed by atoms with van der Waals surface area (Å²) in [6.45, 7) is 3.73. The molecule has 0 atom stereocenters. The van der Waals surface area contributed by atoms with E-state index in [9.17, 15) is 4.79 Å². The van der Waals surface area contributed by atoms with Crippen LogP contribution >= 0.6 is 45.2 Å². The molecule has 0 N–H and O–H groups in total. The van der Waals surface area contributed by atoms with Crippen molar-refractivity contribution in [2.45, 2.75) is 0 Å². The maximum absolute atomic E-state index is 12.2. The van der Waals surface area contributed by atoms with Gasteiger partial charge in [0.1, 0.15) is 6.33 Å². The second-order valence-electron chi connectivity index (χ2n) is 3.34. The standard InChI is InChI=1S/C12H8I2N2O/c1-2-8-5-9(13)11(10(14)6-8)12(17)16-4-3-15-7-16/h2-7H,1H2. The number of halogens is 2. The fourth-order valence-corrected chi connectivity index (χ4v) is 3.70. The van der Waals surface area contributed by atoms with Crippen LogP contribution in [0.5, 0.6) is 0 Å². The molecule has 0 unspecified atom stereocenters. The van der Waals surface area contributed by atoms with E-state index in [1.54, 1.807) is 18.5 Å². The molecule has 17 heavy (non-hydrogen) atoms. The largest absolute Gasteiger partial charge is 0.272 e. The van der Waals surface area contributed by atoms with Crippen molar-refractivity contribution in [3.63, 3.8) is 0 Å². The molecule has 0 fully saturated rings. The van der Waals surface area contributed by atoms with Gasteiger partial charge in [0.15, 0.2) is 0 Å². The molecule has 0 radical (unpaired) electrons. The van der Waals surface area contributed by atoms with E-state index in [1.165, 1.54) is 10.9 Å². The number of hydrogen-bond acceptors (Lipinski definition) is 2. The highest BCUT2D eigenvalue weighted by Gasteiger charge is 2.16. The van der Waals surface area contributed by atoms with E-state index >= 15 is 0 Å². The lowest BCUT2D eigenvalue weighted by Gasteiger charge is -2.08. The summed E-state index contributed by atoms with van der Waals surface area (Å²) in [5.41, 5.74) is 1.72. The summed E-state index contributed by atoms with van der Waals surface area (Å²) >= 11 is 4.34. The molecule has 0 saturated carbocycles. The van der Waals surface area contributed by atoms with E-state index < -0.39 is 0 Å². The first-order chi connectivity index (χ1) is 8.13. The maximum Gasteiger partial charge on any atom is 0.265 e. The topological polar surface area (TPSA) is 34.9 Å². The lowest BCUT2D eigenvalue weighted by atomic mass is 10.1. The Kier molecular flexibility index (Phi) is 3.97. The van der Waals surface area contributed by atoms with Crippen molar-refractivity contribution in [1.82, 2.24) is 9.55 Å². The third-order valence-corrected chi connectivity index (χ3v) is 3.95. The van der Waals surface area contributed by atoms with Crippen molar-refractivity contribution in [2.75, 3.05) is 0 Å². The molecule has 2 rings (SSSR count). The third kappa shape index (κ3) is 2.59. The summed E-state index contributed by atoms with van der Waals surface area (Å²) in [6, 6.07) is 3.89. The van der Waals surface area contributed by atoms with Crippen LogP contribution in [0.25, 0.3) is 6.08 Å². The van der Waals surface area contributed by atoms with Gasteiger partial charge in [-0.1, -0.05) is 12.7 Å². The predicted molar refractivity (Wildman–Crippen MR) is 83.9 cm³/mol. The molecule has 0 aliphatic heterocycles. The molecule has 86 valence electrons. The highest BCUT2D eigenvalue weighted by Crippen LogP contribution is 2.23. The SMILES string of the molecule is C=Cc1cc(I)c(C(=O)n2ccnc2)c(I)c1. The van der Waals surface area contributed by atoms with Crippen molar-refractivity contribution in [1.29, 1.82) is 0 Å². The normalized spacial score (nSPS) is 10.2. The Bertz CT molecular complexity index is 553. The van der Waals surface area contributed by atoms with Crippen molar-refractivity contribution < 1.29 is 4.79 Å². The lowest BCUT2D eigenvalue weighted by molar-refractivity contribution is 0.0958. The van der Waals surface area contributed by atoms with E-state index in [1.807, 2.05) is 12.1 Å². The molecular formula is C12H8I2N2O. The summed E-state index contributed by atoms with van der Waals surface area (Å²) in [5.74, 6) is -0.0630. The highest BCUT2D eigenvalue weighted by atomic mass is 127. The fraction of sp³-hybridized carbons (Fsp3) is 0. The number of carbonyl (C=O) groups is 1. The number of rotatable bonds is 2. The highest BCUT2D eigenvalue weighted by molar-refractivity contribution is 14.1. The van der Waals surface area contributed by atoms with Crippen molar-refractivity contribution in [2.24, 2.45) is 0 Å². The molecule has 2 aromatic rings. The van der Waals surface area contributed by atoms with Crippen LogP contribution in [0.3, 0.4) is 0 Å². The summed E-state index contributed by atoms with van der Waals surface area (Å²) < 4.78 is 3.32. The molecule has 0 spiro atoms. The van der Waals surface area contributed by atoms with Gasteiger partial charge in [-0.15, -0.1) is 0 Å². The van der Waals surface area contributed by atoms with Gasteiger partial charge in [0, 0.05) is 19.5 Å². The Morgan fingerprint density at radius 3 is 2.47 bits per heavy atom. The van der Waals surface area contributed by atoms with Crippen LogP contribution in [0.4, 0.5) is 0 Å². The minimum Gasteiger partial charge on any atom is -0.272 e. The summed E-state index contributed by atoms with van der Waals surface area (Å²) in [6.07, 6.45) is 6.53. The summed E-state index contributed by atoms with van der Waals surface area (Å²) in [5, 5.41) is 0. The van der Waals surface area contributed by atoms with E-state index in [-0.39, 0.29) is 5.91 Å². The Morgan fingerprint density at radius 2 is 2.00 bits per heavy atom. The molecule has 0 aliphatic rings. The first-order valence-corrected chi connectivity index (χ1v) is 6.93. The number of benzene rings is 1. The Hall–Kier alpha value is -0.700. The molecule has 0 saturated heterocycles. The fourth-order valence-electron chi connectivity index (χ4n) is 1.42. The van der Waals surface area contributed by atoms with Gasteiger partial charge in [0.2, 0.25) is 0 Å². The quantitative estimate of drug-likeness (QED) is 0.658. The average Bonchev–Trinajstić information content (AvgIpc) is 2.81. The van der Waals surface area contributed by atoms with Gasteiger partial charge in [0.05, 0.1) is 5.56 Å². The number of hydrogen-bond donors (Lipinski definition) is 0. The minimum absolute atomic E-state index is 0.0630. The van der Waals surface area contributed by atoms with Crippen LogP contribution in [0, 0.1) is 7.14 Å². The van der Waals surface area contributed by atoms with Crippen molar-refractivity contribution >= 4 is 57.2 Å². The first-order valence-electron chi connectivity index (χ1n) is 4.77. The molecule has 1 aromatic heterocycles. The molecule has 1 heterocycles. The number of imidazole rings is 1. The average molecular weight is 450 g/mol. The van der Waals surface area contributed by atoms with E-state index in [4.69, 9.17) is 0 Å². The zero-order chi connectivity index (χ0) is 12.4. The Labute approximate surface area is 126 Å². The number of nitrogens with zero attached hydrogens (tertiary/aromatic N) is 2. The summed E-state index contributed by atoms with van der Waals surface area (Å²) in [4.78, 5) is 16.1. The molecule has 0 aliphatic carbocycles. The predicted octanol–water partition coefficient (Wildman–Crippen LogP) is 3.42. The van der Waals surface area contributed by atoms with Crippen LogP contribution in [-0.4, -0.2) is 15.5 Å². The summed E-state index contributed by atoms with van der Waals surface area (Å²) in [7, 11) is 0. The van der Waals surface area contributed by atoms with Crippen molar-refractivity contribution in [3.8, 4) is 0 Å². The van der Waals surface area contributed by atoms with Gasteiger partial charge in [-0.25, -0.2) is 4.98 Å².